The maximum atomic E-state index is 5.67. The lowest BCUT2D eigenvalue weighted by Crippen LogP contribution is -2.00. The maximum absolute atomic E-state index is 5.67. The summed E-state index contributed by atoms with van der Waals surface area (Å²) < 4.78 is 1.06. The molecule has 88 valence electrons. The normalized spacial score (nSPS) is 10.3. The molecule has 0 atom stereocenters. The average molecular weight is 293 g/mol. The third-order valence-corrected chi connectivity index (χ3v) is 3.16. The molecule has 0 fully saturated rings. The van der Waals surface area contributed by atoms with E-state index in [0.29, 0.717) is 17.5 Å². The average Bonchev–Trinajstić information content (AvgIpc) is 2.22. The van der Waals surface area contributed by atoms with Crippen molar-refractivity contribution in [1.82, 2.24) is 9.97 Å². The smallest absolute Gasteiger partial charge is 0.136 e. The zero-order chi connectivity index (χ0) is 12.4. The van der Waals surface area contributed by atoms with Crippen LogP contribution in [0.15, 0.2) is 28.7 Å². The van der Waals surface area contributed by atoms with Gasteiger partial charge in [-0.2, -0.15) is 0 Å². The van der Waals surface area contributed by atoms with Gasteiger partial charge >= 0.3 is 0 Å². The van der Waals surface area contributed by atoms with Crippen molar-refractivity contribution in [3.63, 3.8) is 0 Å². The number of rotatable bonds is 2. The molecule has 0 unspecified atom stereocenters. The topological polar surface area (TPSA) is 63.8 Å². The van der Waals surface area contributed by atoms with Crippen molar-refractivity contribution in [2.75, 3.05) is 11.1 Å². The van der Waals surface area contributed by atoms with Gasteiger partial charge in [-0.1, -0.05) is 22.0 Å². The van der Waals surface area contributed by atoms with E-state index in [-0.39, 0.29) is 0 Å². The number of benzene rings is 1. The third-order valence-electron chi connectivity index (χ3n) is 2.30. The van der Waals surface area contributed by atoms with Gasteiger partial charge in [-0.25, -0.2) is 9.97 Å². The highest BCUT2D eigenvalue weighted by atomic mass is 79.9. The van der Waals surface area contributed by atoms with Gasteiger partial charge in [0.2, 0.25) is 0 Å². The summed E-state index contributed by atoms with van der Waals surface area (Å²) in [6.07, 6.45) is 0. The molecule has 5 heteroatoms. The fourth-order valence-electron chi connectivity index (χ4n) is 1.47. The Morgan fingerprint density at radius 2 is 1.94 bits per heavy atom. The molecule has 0 bridgehead atoms. The number of nitrogens with zero attached hydrogens (tertiary/aromatic N) is 2. The van der Waals surface area contributed by atoms with Crippen LogP contribution in [0, 0.1) is 13.8 Å². The Kier molecular flexibility index (Phi) is 3.28. The molecule has 2 rings (SSSR count). The van der Waals surface area contributed by atoms with E-state index in [1.54, 1.807) is 6.07 Å². The molecule has 3 N–H and O–H groups in total. The molecule has 0 aliphatic heterocycles. The van der Waals surface area contributed by atoms with Crippen LogP contribution in [0.2, 0.25) is 0 Å². The first kappa shape index (κ1) is 11.9. The number of aromatic nitrogens is 2. The van der Waals surface area contributed by atoms with Crippen molar-refractivity contribution < 1.29 is 0 Å². The van der Waals surface area contributed by atoms with Crippen molar-refractivity contribution in [1.29, 1.82) is 0 Å². The predicted molar refractivity (Wildman–Crippen MR) is 73.3 cm³/mol. The second-order valence-electron chi connectivity index (χ2n) is 3.81. The molecule has 0 saturated carbocycles. The van der Waals surface area contributed by atoms with Crippen LogP contribution in [0.4, 0.5) is 17.3 Å². The number of hydrogen-bond acceptors (Lipinski definition) is 4. The van der Waals surface area contributed by atoms with Gasteiger partial charge in [0, 0.05) is 16.2 Å². The molecule has 1 aromatic heterocycles. The van der Waals surface area contributed by atoms with E-state index in [0.717, 1.165) is 10.2 Å². The molecule has 4 nitrogen and oxygen atoms in total. The van der Waals surface area contributed by atoms with Crippen molar-refractivity contribution in [2.45, 2.75) is 13.8 Å². The number of nitrogens with one attached hydrogen (secondary N) is 1. The molecule has 1 heterocycles. The lowest BCUT2D eigenvalue weighted by atomic mass is 10.2. The summed E-state index contributed by atoms with van der Waals surface area (Å²) in [4.78, 5) is 8.29. The van der Waals surface area contributed by atoms with E-state index in [1.165, 1.54) is 5.56 Å². The monoisotopic (exact) mass is 292 g/mol. The van der Waals surface area contributed by atoms with Crippen LogP contribution in [-0.4, -0.2) is 9.97 Å². The highest BCUT2D eigenvalue weighted by molar-refractivity contribution is 9.10. The van der Waals surface area contributed by atoms with Gasteiger partial charge in [0.25, 0.3) is 0 Å². The van der Waals surface area contributed by atoms with E-state index >= 15 is 0 Å². The lowest BCUT2D eigenvalue weighted by Gasteiger charge is -2.08. The molecule has 0 saturated heterocycles. The van der Waals surface area contributed by atoms with Crippen LogP contribution < -0.4 is 11.1 Å². The van der Waals surface area contributed by atoms with Crippen molar-refractivity contribution in [2.24, 2.45) is 0 Å². The number of nitrogen functional groups attached to an aromatic ring is 1. The summed E-state index contributed by atoms with van der Waals surface area (Å²) in [6, 6.07) is 7.74. The molecular weight excluding hydrogens is 280 g/mol. The quantitative estimate of drug-likeness (QED) is 0.892. The van der Waals surface area contributed by atoms with Gasteiger partial charge in [0.15, 0.2) is 0 Å². The third kappa shape index (κ3) is 2.94. The molecule has 0 spiro atoms. The van der Waals surface area contributed by atoms with E-state index in [1.807, 2.05) is 32.0 Å². The second-order valence-corrected chi connectivity index (χ2v) is 4.67. The van der Waals surface area contributed by atoms with E-state index in [9.17, 15) is 0 Å². The van der Waals surface area contributed by atoms with E-state index in [4.69, 9.17) is 5.73 Å². The summed E-state index contributed by atoms with van der Waals surface area (Å²) in [6.45, 7) is 3.85. The second kappa shape index (κ2) is 4.71. The fraction of sp³-hybridized carbons (Fsp3) is 0.167. The Balaban J connectivity index is 2.28. The van der Waals surface area contributed by atoms with E-state index < -0.39 is 0 Å². The van der Waals surface area contributed by atoms with Gasteiger partial charge in [-0.15, -0.1) is 0 Å². The zero-order valence-electron chi connectivity index (χ0n) is 9.66. The van der Waals surface area contributed by atoms with Crippen molar-refractivity contribution in [3.8, 4) is 0 Å². The predicted octanol–water partition coefficient (Wildman–Crippen LogP) is 3.18. The summed E-state index contributed by atoms with van der Waals surface area (Å²) >= 11 is 3.49. The molecule has 2 aromatic rings. The first-order chi connectivity index (χ1) is 8.04. The zero-order valence-corrected chi connectivity index (χ0v) is 11.2. The number of aryl methyl sites for hydroxylation is 2. The number of anilines is 3. The highest BCUT2D eigenvalue weighted by Gasteiger charge is 2.01. The van der Waals surface area contributed by atoms with Gasteiger partial charge in [0.05, 0.1) is 0 Å². The van der Waals surface area contributed by atoms with Crippen LogP contribution in [0.25, 0.3) is 0 Å². The van der Waals surface area contributed by atoms with Gasteiger partial charge in [0.1, 0.15) is 17.5 Å². The largest absolute Gasteiger partial charge is 0.384 e. The first-order valence-electron chi connectivity index (χ1n) is 5.19. The number of hydrogen-bond donors (Lipinski definition) is 2. The molecule has 1 aromatic carbocycles. The van der Waals surface area contributed by atoms with Crippen LogP contribution >= 0.6 is 15.9 Å². The van der Waals surface area contributed by atoms with Crippen LogP contribution in [0.5, 0.6) is 0 Å². The number of nitrogens with two attached hydrogens (primary N) is 1. The van der Waals surface area contributed by atoms with Crippen molar-refractivity contribution >= 4 is 33.3 Å². The Labute approximate surface area is 108 Å². The minimum Gasteiger partial charge on any atom is -0.384 e. The van der Waals surface area contributed by atoms with Crippen molar-refractivity contribution in [3.05, 3.63) is 40.1 Å². The molecule has 17 heavy (non-hydrogen) atoms. The van der Waals surface area contributed by atoms with Gasteiger partial charge < -0.3 is 11.1 Å². The first-order valence-corrected chi connectivity index (χ1v) is 5.98. The number of halogens is 1. The molecule has 0 amide bonds. The highest BCUT2D eigenvalue weighted by Crippen LogP contribution is 2.23. The van der Waals surface area contributed by atoms with Crippen LogP contribution in [-0.2, 0) is 0 Å². The Hall–Kier alpha value is -1.62. The molecule has 0 aliphatic carbocycles. The van der Waals surface area contributed by atoms with Crippen LogP contribution in [0.3, 0.4) is 0 Å². The lowest BCUT2D eigenvalue weighted by molar-refractivity contribution is 1.06. The minimum absolute atomic E-state index is 0.464. The summed E-state index contributed by atoms with van der Waals surface area (Å²) in [5.74, 6) is 1.82. The fourth-order valence-corrected chi connectivity index (χ4v) is 1.85. The van der Waals surface area contributed by atoms with Gasteiger partial charge in [-0.05, 0) is 31.5 Å². The SMILES string of the molecule is Cc1nc(N)cc(Nc2ccc(C)c(Br)c2)n1. The molecule has 0 aliphatic rings. The molecular formula is C12H13BrN4. The van der Waals surface area contributed by atoms with Gasteiger partial charge in [-0.3, -0.25) is 0 Å². The Morgan fingerprint density at radius 3 is 2.59 bits per heavy atom. The Morgan fingerprint density at radius 1 is 1.18 bits per heavy atom. The standard InChI is InChI=1S/C12H13BrN4/c1-7-3-4-9(5-10(7)13)17-12-6-11(14)15-8(2)16-12/h3-6H,1-2H3,(H3,14,15,16,17). The Bertz CT molecular complexity index is 534. The van der Waals surface area contributed by atoms with E-state index in [2.05, 4.69) is 31.2 Å². The summed E-state index contributed by atoms with van der Waals surface area (Å²) in [5, 5.41) is 3.19. The molecule has 0 radical (unpaired) electrons. The van der Waals surface area contributed by atoms with Crippen LogP contribution in [0.1, 0.15) is 11.4 Å². The summed E-state index contributed by atoms with van der Waals surface area (Å²) in [7, 11) is 0. The summed E-state index contributed by atoms with van der Waals surface area (Å²) in [5.41, 5.74) is 7.81. The maximum Gasteiger partial charge on any atom is 0.136 e. The minimum atomic E-state index is 0.464.